The van der Waals surface area contributed by atoms with Gasteiger partial charge in [0.05, 0.1) is 18.2 Å². The highest BCUT2D eigenvalue weighted by molar-refractivity contribution is 7.15. The van der Waals surface area contributed by atoms with E-state index in [1.54, 1.807) is 24.3 Å². The molecule has 21 heavy (non-hydrogen) atoms. The third-order valence-corrected chi connectivity index (χ3v) is 3.89. The Balaban J connectivity index is 2.19. The van der Waals surface area contributed by atoms with Crippen LogP contribution in [0.1, 0.15) is 23.0 Å². The number of carboxylic acid groups (broad SMARTS) is 1. The van der Waals surface area contributed by atoms with Crippen LogP contribution in [-0.2, 0) is 4.79 Å². The van der Waals surface area contributed by atoms with Gasteiger partial charge in [-0.1, -0.05) is 24.3 Å². The second-order valence-corrected chi connectivity index (χ2v) is 5.92. The van der Waals surface area contributed by atoms with Gasteiger partial charge < -0.3 is 21.1 Å². The Kier molecular flexibility index (Phi) is 4.56. The molecule has 0 spiro atoms. The number of nitrogens with two attached hydrogens (primary N) is 1. The first kappa shape index (κ1) is 15.4. The van der Waals surface area contributed by atoms with E-state index in [2.05, 4.69) is 4.98 Å². The Morgan fingerprint density at radius 1 is 1.33 bits per heavy atom. The predicted octanol–water partition coefficient (Wildman–Crippen LogP) is 1.57. The maximum atomic E-state index is 10.5. The fourth-order valence-electron chi connectivity index (χ4n) is 2.04. The average Bonchev–Trinajstić information content (AvgIpc) is 2.76. The molecule has 112 valence electrons. The van der Waals surface area contributed by atoms with Gasteiger partial charge in [-0.2, -0.15) is 0 Å². The summed E-state index contributed by atoms with van der Waals surface area (Å²) in [4.78, 5) is 15.8. The minimum atomic E-state index is -1.34. The van der Waals surface area contributed by atoms with Crippen LogP contribution in [0.2, 0.25) is 0 Å². The molecule has 1 aromatic heterocycles. The van der Waals surface area contributed by atoms with E-state index >= 15 is 0 Å². The summed E-state index contributed by atoms with van der Waals surface area (Å²) in [5.41, 5.74) is 7.75. The molecule has 0 aliphatic carbocycles. The number of anilines is 1. The molecule has 6 nitrogen and oxygen atoms in total. The van der Waals surface area contributed by atoms with Gasteiger partial charge in [0.15, 0.2) is 5.13 Å². The fourth-order valence-corrected chi connectivity index (χ4v) is 2.75. The van der Waals surface area contributed by atoms with Crippen molar-refractivity contribution in [2.45, 2.75) is 25.6 Å². The maximum absolute atomic E-state index is 10.5. The number of aliphatic hydroxyl groups is 2. The van der Waals surface area contributed by atoms with E-state index in [1.807, 2.05) is 6.92 Å². The van der Waals surface area contributed by atoms with Gasteiger partial charge in [0, 0.05) is 10.4 Å². The molecule has 7 heteroatoms. The van der Waals surface area contributed by atoms with Crippen molar-refractivity contribution in [2.75, 3.05) is 5.73 Å². The summed E-state index contributed by atoms with van der Waals surface area (Å²) in [6.07, 6.45) is -3.09. The second-order valence-electron chi connectivity index (χ2n) is 4.69. The first-order valence-electron chi connectivity index (χ1n) is 6.29. The van der Waals surface area contributed by atoms with Gasteiger partial charge in [0.25, 0.3) is 0 Å². The summed E-state index contributed by atoms with van der Waals surface area (Å²) in [6, 6.07) is 6.79. The Morgan fingerprint density at radius 3 is 2.43 bits per heavy atom. The Labute approximate surface area is 125 Å². The number of aliphatic hydroxyl groups excluding tert-OH is 2. The lowest BCUT2D eigenvalue weighted by atomic mass is 10.00. The number of aliphatic carboxylic acids is 1. The molecule has 1 heterocycles. The fraction of sp³-hybridized carbons (Fsp3) is 0.286. The molecule has 0 saturated heterocycles. The smallest absolute Gasteiger partial charge is 0.306 e. The Bertz CT molecular complexity index is 639. The molecule has 0 aliphatic heterocycles. The van der Waals surface area contributed by atoms with Gasteiger partial charge in [-0.15, -0.1) is 11.3 Å². The summed E-state index contributed by atoms with van der Waals surface area (Å²) in [5.74, 6) is -1.16. The van der Waals surface area contributed by atoms with Crippen LogP contribution in [0.15, 0.2) is 24.3 Å². The molecule has 2 unspecified atom stereocenters. The molecular weight excluding hydrogens is 292 g/mol. The number of benzene rings is 1. The summed E-state index contributed by atoms with van der Waals surface area (Å²) in [5, 5.41) is 28.6. The minimum Gasteiger partial charge on any atom is -0.481 e. The van der Waals surface area contributed by atoms with E-state index in [-0.39, 0.29) is 0 Å². The van der Waals surface area contributed by atoms with Crippen molar-refractivity contribution in [3.8, 4) is 11.3 Å². The molecule has 2 atom stereocenters. The van der Waals surface area contributed by atoms with Crippen LogP contribution in [0, 0.1) is 6.92 Å². The number of carbonyl (C=O) groups is 1. The molecule has 0 amide bonds. The number of nitrogens with zero attached hydrogens (tertiary/aromatic N) is 1. The molecule has 0 aliphatic rings. The van der Waals surface area contributed by atoms with Crippen LogP contribution in [0.25, 0.3) is 11.3 Å². The number of hydrogen-bond acceptors (Lipinski definition) is 6. The largest absolute Gasteiger partial charge is 0.481 e. The Hall–Kier alpha value is -1.96. The normalized spacial score (nSPS) is 13.9. The molecule has 0 fully saturated rings. The molecular formula is C14H16N2O4S. The highest BCUT2D eigenvalue weighted by Gasteiger charge is 2.21. The number of carboxylic acids is 1. The van der Waals surface area contributed by atoms with Crippen LogP contribution in [0.3, 0.4) is 0 Å². The van der Waals surface area contributed by atoms with Gasteiger partial charge >= 0.3 is 5.97 Å². The van der Waals surface area contributed by atoms with E-state index in [9.17, 15) is 15.0 Å². The number of aromatic nitrogens is 1. The van der Waals surface area contributed by atoms with E-state index in [0.29, 0.717) is 10.7 Å². The van der Waals surface area contributed by atoms with Gasteiger partial charge in [-0.05, 0) is 12.5 Å². The summed E-state index contributed by atoms with van der Waals surface area (Å²) in [7, 11) is 0. The van der Waals surface area contributed by atoms with Crippen LogP contribution >= 0.6 is 11.3 Å². The van der Waals surface area contributed by atoms with Crippen molar-refractivity contribution in [3.05, 3.63) is 34.7 Å². The molecule has 2 rings (SSSR count). The summed E-state index contributed by atoms with van der Waals surface area (Å²) in [6.45, 7) is 1.92. The zero-order chi connectivity index (χ0) is 15.6. The van der Waals surface area contributed by atoms with Gasteiger partial charge in [-0.25, -0.2) is 4.98 Å². The van der Waals surface area contributed by atoms with E-state index in [1.165, 1.54) is 11.3 Å². The van der Waals surface area contributed by atoms with Crippen LogP contribution < -0.4 is 5.73 Å². The second kappa shape index (κ2) is 6.21. The zero-order valence-electron chi connectivity index (χ0n) is 11.4. The van der Waals surface area contributed by atoms with Crippen molar-refractivity contribution in [1.82, 2.24) is 4.98 Å². The van der Waals surface area contributed by atoms with Gasteiger partial charge in [0.1, 0.15) is 6.10 Å². The van der Waals surface area contributed by atoms with Gasteiger partial charge in [0.2, 0.25) is 0 Å². The number of hydrogen-bond donors (Lipinski definition) is 4. The summed E-state index contributed by atoms with van der Waals surface area (Å²) < 4.78 is 0. The first-order chi connectivity index (χ1) is 9.88. The van der Waals surface area contributed by atoms with Crippen molar-refractivity contribution in [3.63, 3.8) is 0 Å². The Morgan fingerprint density at radius 2 is 1.95 bits per heavy atom. The minimum absolute atomic E-state index is 0.452. The molecule has 2 aromatic rings. The van der Waals surface area contributed by atoms with E-state index < -0.39 is 24.6 Å². The SMILES string of the molecule is Cc1sc(N)nc1-c1ccc(C(O)C(O)CC(=O)O)cc1. The monoisotopic (exact) mass is 308 g/mol. The van der Waals surface area contributed by atoms with Crippen molar-refractivity contribution in [1.29, 1.82) is 0 Å². The lowest BCUT2D eigenvalue weighted by Crippen LogP contribution is -2.21. The molecule has 5 N–H and O–H groups in total. The average molecular weight is 308 g/mol. The predicted molar refractivity (Wildman–Crippen MR) is 79.9 cm³/mol. The number of nitrogen functional groups attached to an aromatic ring is 1. The molecule has 0 saturated carbocycles. The first-order valence-corrected chi connectivity index (χ1v) is 7.11. The topological polar surface area (TPSA) is 117 Å². The third kappa shape index (κ3) is 3.57. The van der Waals surface area contributed by atoms with Crippen molar-refractivity contribution >= 4 is 22.4 Å². The van der Waals surface area contributed by atoms with Crippen molar-refractivity contribution < 1.29 is 20.1 Å². The lowest BCUT2D eigenvalue weighted by molar-refractivity contribution is -0.141. The number of rotatable bonds is 5. The third-order valence-electron chi connectivity index (χ3n) is 3.09. The lowest BCUT2D eigenvalue weighted by Gasteiger charge is -2.16. The van der Waals surface area contributed by atoms with E-state index in [4.69, 9.17) is 10.8 Å². The van der Waals surface area contributed by atoms with E-state index in [0.717, 1.165) is 16.1 Å². The number of thiazole rings is 1. The number of aryl methyl sites for hydroxylation is 1. The molecule has 0 bridgehead atoms. The molecule has 1 aromatic carbocycles. The highest BCUT2D eigenvalue weighted by Crippen LogP contribution is 2.30. The van der Waals surface area contributed by atoms with Crippen molar-refractivity contribution in [2.24, 2.45) is 0 Å². The van der Waals surface area contributed by atoms with Gasteiger partial charge in [-0.3, -0.25) is 4.79 Å². The van der Waals surface area contributed by atoms with Crippen LogP contribution in [-0.4, -0.2) is 32.4 Å². The van der Waals surface area contributed by atoms with Crippen LogP contribution in [0.5, 0.6) is 0 Å². The zero-order valence-corrected chi connectivity index (χ0v) is 12.2. The summed E-state index contributed by atoms with van der Waals surface area (Å²) >= 11 is 1.40. The quantitative estimate of drug-likeness (QED) is 0.666. The maximum Gasteiger partial charge on any atom is 0.306 e. The van der Waals surface area contributed by atoms with Crippen LogP contribution in [0.4, 0.5) is 5.13 Å². The standard InChI is InChI=1S/C14H16N2O4S/c1-7-12(16-14(15)21-7)8-2-4-9(5-3-8)13(20)10(17)6-11(18)19/h2-5,10,13,17,20H,6H2,1H3,(H2,15,16)(H,18,19). The molecule has 0 radical (unpaired) electrons. The highest BCUT2D eigenvalue weighted by atomic mass is 32.1.